The summed E-state index contributed by atoms with van der Waals surface area (Å²) in [5.41, 5.74) is 7.65. The summed E-state index contributed by atoms with van der Waals surface area (Å²) in [5.74, 6) is 1.36. The Hall–Kier alpha value is -1.18. The maximum Gasteiger partial charge on any atom is 0.239 e. The summed E-state index contributed by atoms with van der Waals surface area (Å²) in [7, 11) is 1.57. The van der Waals surface area contributed by atoms with Gasteiger partial charge in [-0.15, -0.1) is 0 Å². The number of hydrogen-bond acceptors (Lipinski definition) is 6. The molecule has 1 saturated carbocycles. The molecule has 4 aliphatic rings. The van der Waals surface area contributed by atoms with E-state index in [4.69, 9.17) is 4.84 Å². The molecule has 0 aromatic carbocycles. The molecule has 1 aliphatic carbocycles. The van der Waals surface area contributed by atoms with Gasteiger partial charge in [0.1, 0.15) is 7.11 Å². The van der Waals surface area contributed by atoms with Gasteiger partial charge in [0, 0.05) is 31.1 Å². The number of nitrogens with one attached hydrogen (secondary N) is 3. The van der Waals surface area contributed by atoms with E-state index >= 15 is 0 Å². The van der Waals surface area contributed by atoms with Crippen LogP contribution < -0.4 is 16.2 Å². The van der Waals surface area contributed by atoms with Crippen molar-refractivity contribution in [2.45, 2.75) is 69.6 Å². The van der Waals surface area contributed by atoms with E-state index in [1.807, 2.05) is 6.92 Å². The van der Waals surface area contributed by atoms with E-state index < -0.39 is 0 Å². The van der Waals surface area contributed by atoms with Crippen molar-refractivity contribution in [1.29, 1.82) is 0 Å². The first-order chi connectivity index (χ1) is 12.2. The van der Waals surface area contributed by atoms with Gasteiger partial charge in [-0.05, 0) is 38.5 Å². The van der Waals surface area contributed by atoms with Gasteiger partial charge in [0.25, 0.3) is 0 Å². The number of rotatable bonds is 3. The van der Waals surface area contributed by atoms with E-state index in [9.17, 15) is 4.79 Å². The molecule has 6 atom stereocenters. The van der Waals surface area contributed by atoms with Crippen LogP contribution in [0.4, 0.5) is 0 Å². The van der Waals surface area contributed by atoms with E-state index in [0.717, 1.165) is 31.6 Å². The minimum absolute atomic E-state index is 0.0270. The minimum atomic E-state index is 0.0270. The smallest absolute Gasteiger partial charge is 0.239 e. The van der Waals surface area contributed by atoms with E-state index in [0.29, 0.717) is 29.8 Å². The fourth-order valence-electron chi connectivity index (χ4n) is 5.35. The van der Waals surface area contributed by atoms with Crippen LogP contribution in [0.2, 0.25) is 0 Å². The maximum absolute atomic E-state index is 13.1. The molecule has 0 bridgehead atoms. The Balaban J connectivity index is 1.40. The molecule has 7 heteroatoms. The summed E-state index contributed by atoms with van der Waals surface area (Å²) < 4.78 is 0. The highest BCUT2D eigenvalue weighted by Crippen LogP contribution is 2.34. The standard InChI is InChI=1S/C18H31N5O2/c1-11(22-25-2)17-13-10-23(8-7-15(13)20-21-17)18(24)16-9-12-5-3-4-6-14(12)19-16/h12-17,19-21H,3-10H2,1-2H3/b22-11+. The Bertz CT molecular complexity index is 526. The average Bonchev–Trinajstić information content (AvgIpc) is 3.24. The summed E-state index contributed by atoms with van der Waals surface area (Å²) in [6.07, 6.45) is 7.17. The second kappa shape index (κ2) is 7.21. The van der Waals surface area contributed by atoms with Gasteiger partial charge in [0.2, 0.25) is 5.91 Å². The molecule has 6 unspecified atom stereocenters. The molecule has 7 nitrogen and oxygen atoms in total. The molecular formula is C18H31N5O2. The Morgan fingerprint density at radius 2 is 2.00 bits per heavy atom. The number of oxime groups is 1. The molecule has 4 fully saturated rings. The van der Waals surface area contributed by atoms with Gasteiger partial charge in [-0.1, -0.05) is 18.0 Å². The van der Waals surface area contributed by atoms with Crippen LogP contribution in [0, 0.1) is 11.8 Å². The predicted octanol–water partition coefficient (Wildman–Crippen LogP) is 0.623. The zero-order valence-electron chi connectivity index (χ0n) is 15.3. The van der Waals surface area contributed by atoms with Crippen molar-refractivity contribution < 1.29 is 9.63 Å². The van der Waals surface area contributed by atoms with Crippen LogP contribution in [0.25, 0.3) is 0 Å². The second-order valence-corrected chi connectivity index (χ2v) is 8.13. The quantitative estimate of drug-likeness (QED) is 0.514. The van der Waals surface area contributed by atoms with Crippen LogP contribution in [0.5, 0.6) is 0 Å². The summed E-state index contributed by atoms with van der Waals surface area (Å²) in [4.78, 5) is 20.1. The highest BCUT2D eigenvalue weighted by Gasteiger charge is 2.45. The van der Waals surface area contributed by atoms with E-state index in [2.05, 4.69) is 26.2 Å². The molecule has 4 rings (SSSR count). The van der Waals surface area contributed by atoms with E-state index in [1.165, 1.54) is 25.7 Å². The number of fused-ring (bicyclic) bond motifs is 2. The number of nitrogens with zero attached hydrogens (tertiary/aromatic N) is 2. The van der Waals surface area contributed by atoms with Crippen molar-refractivity contribution in [2.75, 3.05) is 20.2 Å². The number of likely N-dealkylation sites (tertiary alicyclic amines) is 1. The van der Waals surface area contributed by atoms with Crippen LogP contribution in [0.15, 0.2) is 5.16 Å². The van der Waals surface area contributed by atoms with Gasteiger partial charge < -0.3 is 15.1 Å². The molecule has 0 radical (unpaired) electrons. The van der Waals surface area contributed by atoms with Crippen LogP contribution in [-0.4, -0.2) is 60.9 Å². The lowest BCUT2D eigenvalue weighted by molar-refractivity contribution is -0.135. The number of carbonyl (C=O) groups is 1. The molecule has 1 amide bonds. The lowest BCUT2D eigenvalue weighted by Crippen LogP contribution is -2.54. The zero-order valence-corrected chi connectivity index (χ0v) is 15.3. The molecule has 3 saturated heterocycles. The molecule has 3 N–H and O–H groups in total. The number of amides is 1. The fraction of sp³-hybridized carbons (Fsp3) is 0.889. The van der Waals surface area contributed by atoms with Gasteiger partial charge in [-0.2, -0.15) is 0 Å². The predicted molar refractivity (Wildman–Crippen MR) is 95.9 cm³/mol. The third kappa shape index (κ3) is 3.29. The Morgan fingerprint density at radius 1 is 1.16 bits per heavy atom. The molecular weight excluding hydrogens is 318 g/mol. The normalized spacial score (nSPS) is 41.4. The molecule has 0 aromatic heterocycles. The topological polar surface area (TPSA) is 78.0 Å². The highest BCUT2D eigenvalue weighted by molar-refractivity contribution is 5.88. The van der Waals surface area contributed by atoms with Crippen molar-refractivity contribution in [3.05, 3.63) is 0 Å². The van der Waals surface area contributed by atoms with Crippen molar-refractivity contribution in [2.24, 2.45) is 17.0 Å². The molecule has 3 aliphatic heterocycles. The first kappa shape index (κ1) is 17.2. The Kier molecular flexibility index (Phi) is 4.97. The largest absolute Gasteiger partial charge is 0.399 e. The van der Waals surface area contributed by atoms with E-state index in [-0.39, 0.29) is 12.1 Å². The molecule has 3 heterocycles. The molecule has 0 aromatic rings. The van der Waals surface area contributed by atoms with Crippen LogP contribution in [0.1, 0.15) is 45.4 Å². The van der Waals surface area contributed by atoms with Gasteiger partial charge in [0.15, 0.2) is 0 Å². The van der Waals surface area contributed by atoms with Gasteiger partial charge in [-0.25, -0.2) is 5.43 Å². The monoisotopic (exact) mass is 349 g/mol. The maximum atomic E-state index is 13.1. The average molecular weight is 349 g/mol. The van der Waals surface area contributed by atoms with Crippen molar-refractivity contribution in [3.63, 3.8) is 0 Å². The van der Waals surface area contributed by atoms with Gasteiger partial charge in [-0.3, -0.25) is 10.2 Å². The van der Waals surface area contributed by atoms with Crippen molar-refractivity contribution >= 4 is 11.6 Å². The molecule has 25 heavy (non-hydrogen) atoms. The first-order valence-electron chi connectivity index (χ1n) is 9.81. The summed E-state index contributed by atoms with van der Waals surface area (Å²) in [5, 5.41) is 7.73. The Labute approximate surface area is 149 Å². The molecule has 140 valence electrons. The third-order valence-electron chi connectivity index (χ3n) is 6.67. The fourth-order valence-corrected chi connectivity index (χ4v) is 5.35. The first-order valence-corrected chi connectivity index (χ1v) is 9.81. The highest BCUT2D eigenvalue weighted by atomic mass is 16.6. The van der Waals surface area contributed by atoms with E-state index in [1.54, 1.807) is 7.11 Å². The SMILES string of the molecule is CO/N=C(\C)C1NNC2CCN(C(=O)C3CC4CCCCC4N3)CC21. The van der Waals surface area contributed by atoms with Crippen molar-refractivity contribution in [3.8, 4) is 0 Å². The van der Waals surface area contributed by atoms with Crippen LogP contribution in [-0.2, 0) is 9.63 Å². The Morgan fingerprint density at radius 3 is 2.80 bits per heavy atom. The number of carbonyl (C=O) groups excluding carboxylic acids is 1. The van der Waals surface area contributed by atoms with Crippen LogP contribution in [0.3, 0.4) is 0 Å². The van der Waals surface area contributed by atoms with Crippen molar-refractivity contribution in [1.82, 2.24) is 21.1 Å². The number of hydrogen-bond donors (Lipinski definition) is 3. The number of hydrazine groups is 1. The minimum Gasteiger partial charge on any atom is -0.399 e. The summed E-state index contributed by atoms with van der Waals surface area (Å²) in [6.45, 7) is 3.61. The van der Waals surface area contributed by atoms with Crippen LogP contribution >= 0.6 is 0 Å². The van der Waals surface area contributed by atoms with Gasteiger partial charge in [0.05, 0.1) is 17.8 Å². The lowest BCUT2D eigenvalue weighted by atomic mass is 9.84. The second-order valence-electron chi connectivity index (χ2n) is 8.13. The number of piperidine rings is 1. The molecule has 0 spiro atoms. The third-order valence-corrected chi connectivity index (χ3v) is 6.67. The van der Waals surface area contributed by atoms with Gasteiger partial charge >= 0.3 is 0 Å². The summed E-state index contributed by atoms with van der Waals surface area (Å²) >= 11 is 0. The zero-order chi connectivity index (χ0) is 17.4. The lowest BCUT2D eigenvalue weighted by Gasteiger charge is -2.37. The summed E-state index contributed by atoms with van der Waals surface area (Å²) in [6, 6.07) is 1.12.